The third kappa shape index (κ3) is 1.80. The van der Waals surface area contributed by atoms with Crippen LogP contribution in [-0.4, -0.2) is 22.7 Å². The van der Waals surface area contributed by atoms with Crippen molar-refractivity contribution in [3.05, 3.63) is 29.6 Å². The summed E-state index contributed by atoms with van der Waals surface area (Å²) in [7, 11) is 0. The van der Waals surface area contributed by atoms with Crippen LogP contribution in [-0.2, 0) is 4.74 Å². The van der Waals surface area contributed by atoms with Crippen molar-refractivity contribution < 1.29 is 13.5 Å². The zero-order valence-electron chi connectivity index (χ0n) is 9.34. The third-order valence-electron chi connectivity index (χ3n) is 3.13. The molecule has 0 spiro atoms. The van der Waals surface area contributed by atoms with Crippen LogP contribution < -0.4 is 0 Å². The van der Waals surface area contributed by atoms with E-state index >= 15 is 0 Å². The summed E-state index contributed by atoms with van der Waals surface area (Å²) in [5, 5.41) is 0. The standard InChI is InChI=1S/C12H12F2N2O/c1-6-2-7(5-17-6)12-15-10-3-8(13)9(14)4-11(10)16-12/h3-4,6-7H,2,5H2,1H3,(H,15,16). The molecule has 1 aromatic heterocycles. The zero-order valence-corrected chi connectivity index (χ0v) is 9.34. The predicted octanol–water partition coefficient (Wildman–Crippen LogP) is 2.73. The molecule has 1 aliphatic rings. The van der Waals surface area contributed by atoms with Gasteiger partial charge < -0.3 is 9.72 Å². The Morgan fingerprint density at radius 3 is 2.82 bits per heavy atom. The van der Waals surface area contributed by atoms with E-state index in [4.69, 9.17) is 4.74 Å². The van der Waals surface area contributed by atoms with Crippen LogP contribution in [0, 0.1) is 11.6 Å². The smallest absolute Gasteiger partial charge is 0.161 e. The fourth-order valence-electron chi connectivity index (χ4n) is 2.23. The molecule has 2 heterocycles. The van der Waals surface area contributed by atoms with Gasteiger partial charge in [0.1, 0.15) is 5.82 Å². The van der Waals surface area contributed by atoms with Gasteiger partial charge in [-0.2, -0.15) is 0 Å². The number of nitrogens with one attached hydrogen (secondary N) is 1. The van der Waals surface area contributed by atoms with Crippen molar-refractivity contribution in [3.63, 3.8) is 0 Å². The third-order valence-corrected chi connectivity index (χ3v) is 3.13. The molecule has 17 heavy (non-hydrogen) atoms. The minimum absolute atomic E-state index is 0.184. The number of hydrogen-bond acceptors (Lipinski definition) is 2. The van der Waals surface area contributed by atoms with Crippen molar-refractivity contribution in [2.45, 2.75) is 25.4 Å². The van der Waals surface area contributed by atoms with E-state index in [0.29, 0.717) is 17.6 Å². The number of fused-ring (bicyclic) bond motifs is 1. The first-order valence-electron chi connectivity index (χ1n) is 5.60. The molecule has 1 aromatic carbocycles. The molecular formula is C12H12F2N2O. The molecule has 2 unspecified atom stereocenters. The molecule has 90 valence electrons. The maximum atomic E-state index is 13.0. The largest absolute Gasteiger partial charge is 0.378 e. The molecular weight excluding hydrogens is 226 g/mol. The number of rotatable bonds is 1. The number of imidazole rings is 1. The van der Waals surface area contributed by atoms with Gasteiger partial charge in [-0.05, 0) is 13.3 Å². The number of nitrogens with zero attached hydrogens (tertiary/aromatic N) is 1. The lowest BCUT2D eigenvalue weighted by atomic mass is 10.1. The Hall–Kier alpha value is -1.49. The summed E-state index contributed by atoms with van der Waals surface area (Å²) in [6, 6.07) is 2.25. The lowest BCUT2D eigenvalue weighted by Gasteiger charge is -2.01. The van der Waals surface area contributed by atoms with Crippen molar-refractivity contribution in [2.24, 2.45) is 0 Å². The second-order valence-electron chi connectivity index (χ2n) is 4.48. The SMILES string of the molecule is CC1CC(c2nc3cc(F)c(F)cc3[nH]2)CO1. The predicted molar refractivity (Wildman–Crippen MR) is 58.8 cm³/mol. The highest BCUT2D eigenvalue weighted by Gasteiger charge is 2.26. The molecule has 2 atom stereocenters. The summed E-state index contributed by atoms with van der Waals surface area (Å²) in [6.45, 7) is 2.61. The quantitative estimate of drug-likeness (QED) is 0.829. The summed E-state index contributed by atoms with van der Waals surface area (Å²) < 4.78 is 31.5. The van der Waals surface area contributed by atoms with Crippen molar-refractivity contribution in [1.82, 2.24) is 9.97 Å². The summed E-state index contributed by atoms with van der Waals surface area (Å²) >= 11 is 0. The van der Waals surface area contributed by atoms with E-state index in [0.717, 1.165) is 24.4 Å². The molecule has 5 heteroatoms. The number of halogens is 2. The van der Waals surface area contributed by atoms with Gasteiger partial charge in [-0.3, -0.25) is 0 Å². The van der Waals surface area contributed by atoms with Gasteiger partial charge in [0.05, 0.1) is 23.7 Å². The van der Waals surface area contributed by atoms with Crippen LogP contribution in [0.15, 0.2) is 12.1 Å². The highest BCUT2D eigenvalue weighted by atomic mass is 19.2. The molecule has 0 radical (unpaired) electrons. The van der Waals surface area contributed by atoms with E-state index in [-0.39, 0.29) is 12.0 Å². The number of hydrogen-bond donors (Lipinski definition) is 1. The lowest BCUT2D eigenvalue weighted by molar-refractivity contribution is 0.123. The molecule has 0 aliphatic carbocycles. The number of H-pyrrole nitrogens is 1. The summed E-state index contributed by atoms with van der Waals surface area (Å²) in [6.07, 6.45) is 1.09. The minimum Gasteiger partial charge on any atom is -0.378 e. The van der Waals surface area contributed by atoms with Crippen LogP contribution in [0.25, 0.3) is 11.0 Å². The number of ether oxygens (including phenoxy) is 1. The maximum Gasteiger partial charge on any atom is 0.161 e. The molecule has 1 N–H and O–H groups in total. The number of benzene rings is 1. The highest BCUT2D eigenvalue weighted by molar-refractivity contribution is 5.75. The average Bonchev–Trinajstić information content (AvgIpc) is 2.85. The Balaban J connectivity index is 2.02. The van der Waals surface area contributed by atoms with Gasteiger partial charge in [0.25, 0.3) is 0 Å². The fourth-order valence-corrected chi connectivity index (χ4v) is 2.23. The molecule has 0 bridgehead atoms. The molecule has 1 saturated heterocycles. The number of aromatic nitrogens is 2. The van der Waals surface area contributed by atoms with Crippen molar-refractivity contribution in [1.29, 1.82) is 0 Å². The van der Waals surface area contributed by atoms with Crippen LogP contribution >= 0.6 is 0 Å². The van der Waals surface area contributed by atoms with Crippen LogP contribution in [0.3, 0.4) is 0 Å². The van der Waals surface area contributed by atoms with Gasteiger partial charge in [-0.1, -0.05) is 0 Å². The second kappa shape index (κ2) is 3.77. The maximum absolute atomic E-state index is 13.0. The van der Waals surface area contributed by atoms with Crippen LogP contribution in [0.2, 0.25) is 0 Å². The molecule has 0 amide bonds. The second-order valence-corrected chi connectivity index (χ2v) is 4.48. The summed E-state index contributed by atoms with van der Waals surface area (Å²) in [5.74, 6) is -0.798. The highest BCUT2D eigenvalue weighted by Crippen LogP contribution is 2.29. The summed E-state index contributed by atoms with van der Waals surface area (Å²) in [5.41, 5.74) is 0.983. The van der Waals surface area contributed by atoms with E-state index < -0.39 is 11.6 Å². The Morgan fingerprint density at radius 2 is 2.12 bits per heavy atom. The van der Waals surface area contributed by atoms with Gasteiger partial charge in [0.2, 0.25) is 0 Å². The minimum atomic E-state index is -0.869. The molecule has 1 fully saturated rings. The van der Waals surface area contributed by atoms with Crippen molar-refractivity contribution in [3.8, 4) is 0 Å². The average molecular weight is 238 g/mol. The molecule has 2 aromatic rings. The Labute approximate surface area is 96.8 Å². The Bertz CT molecular complexity index is 528. The monoisotopic (exact) mass is 238 g/mol. The zero-order chi connectivity index (χ0) is 12.0. The van der Waals surface area contributed by atoms with E-state index in [1.165, 1.54) is 0 Å². The fraction of sp³-hybridized carbons (Fsp3) is 0.417. The van der Waals surface area contributed by atoms with Gasteiger partial charge in [-0.15, -0.1) is 0 Å². The van der Waals surface area contributed by atoms with Gasteiger partial charge in [0, 0.05) is 18.1 Å². The van der Waals surface area contributed by atoms with Crippen molar-refractivity contribution in [2.75, 3.05) is 6.61 Å². The van der Waals surface area contributed by atoms with E-state index in [9.17, 15) is 8.78 Å². The van der Waals surface area contributed by atoms with Gasteiger partial charge >= 0.3 is 0 Å². The van der Waals surface area contributed by atoms with E-state index in [1.54, 1.807) is 0 Å². The number of aromatic amines is 1. The first kappa shape index (κ1) is 10.7. The van der Waals surface area contributed by atoms with Crippen LogP contribution in [0.4, 0.5) is 8.78 Å². The Morgan fingerprint density at radius 1 is 1.35 bits per heavy atom. The van der Waals surface area contributed by atoms with E-state index in [1.807, 2.05) is 6.92 Å². The first-order valence-corrected chi connectivity index (χ1v) is 5.60. The molecule has 3 nitrogen and oxygen atoms in total. The lowest BCUT2D eigenvalue weighted by Crippen LogP contribution is -1.99. The normalized spacial score (nSPS) is 24.6. The van der Waals surface area contributed by atoms with Gasteiger partial charge in [0.15, 0.2) is 11.6 Å². The first-order chi connectivity index (χ1) is 8.13. The van der Waals surface area contributed by atoms with Crippen molar-refractivity contribution >= 4 is 11.0 Å². The van der Waals surface area contributed by atoms with Crippen LogP contribution in [0.5, 0.6) is 0 Å². The molecule has 1 aliphatic heterocycles. The van der Waals surface area contributed by atoms with Gasteiger partial charge in [-0.25, -0.2) is 13.8 Å². The van der Waals surface area contributed by atoms with E-state index in [2.05, 4.69) is 9.97 Å². The van der Waals surface area contributed by atoms with Crippen LogP contribution in [0.1, 0.15) is 25.1 Å². The molecule has 3 rings (SSSR count). The summed E-state index contributed by atoms with van der Waals surface area (Å²) in [4.78, 5) is 7.32. The Kier molecular flexibility index (Phi) is 2.36. The topological polar surface area (TPSA) is 37.9 Å². The molecule has 0 saturated carbocycles.